The normalized spacial score (nSPS) is 16.6. The summed E-state index contributed by atoms with van der Waals surface area (Å²) in [4.78, 5) is 14.5. The molecule has 116 valence electrons. The average molecular weight is 293 g/mol. The molecule has 0 spiro atoms. The molecule has 0 bridgehead atoms. The minimum absolute atomic E-state index is 0.0438. The summed E-state index contributed by atoms with van der Waals surface area (Å²) in [5.74, 6) is 0.171. The van der Waals surface area contributed by atoms with Gasteiger partial charge in [0.15, 0.2) is 0 Å². The van der Waals surface area contributed by atoms with Gasteiger partial charge < -0.3 is 11.1 Å². The highest BCUT2D eigenvalue weighted by atomic mass is 19.1. The number of anilines is 2. The number of carbonyl (C=O) groups excluding carboxylic acids is 1. The predicted molar refractivity (Wildman–Crippen MR) is 83.5 cm³/mol. The molecule has 1 atom stereocenters. The van der Waals surface area contributed by atoms with Crippen molar-refractivity contribution in [1.29, 1.82) is 0 Å². The van der Waals surface area contributed by atoms with Crippen LogP contribution in [-0.4, -0.2) is 29.9 Å². The zero-order valence-corrected chi connectivity index (χ0v) is 12.7. The smallest absolute Gasteiger partial charge is 0.241 e. The van der Waals surface area contributed by atoms with Crippen molar-refractivity contribution in [2.75, 3.05) is 24.1 Å². The number of rotatable bonds is 6. The first kappa shape index (κ1) is 15.8. The van der Waals surface area contributed by atoms with Crippen LogP contribution in [0.15, 0.2) is 18.2 Å². The van der Waals surface area contributed by atoms with E-state index in [4.69, 9.17) is 5.73 Å². The number of amides is 1. The van der Waals surface area contributed by atoms with Crippen molar-refractivity contribution in [3.8, 4) is 0 Å². The van der Waals surface area contributed by atoms with E-state index in [2.05, 4.69) is 17.1 Å². The molecule has 1 aromatic carbocycles. The lowest BCUT2D eigenvalue weighted by atomic mass is 9.85. The molecule has 0 saturated heterocycles. The van der Waals surface area contributed by atoms with Gasteiger partial charge >= 0.3 is 0 Å². The van der Waals surface area contributed by atoms with Crippen molar-refractivity contribution in [3.63, 3.8) is 0 Å². The minimum Gasteiger partial charge on any atom is -0.396 e. The van der Waals surface area contributed by atoms with Gasteiger partial charge in [-0.15, -0.1) is 0 Å². The van der Waals surface area contributed by atoms with E-state index in [1.54, 1.807) is 0 Å². The van der Waals surface area contributed by atoms with E-state index in [9.17, 15) is 9.18 Å². The molecule has 3 N–H and O–H groups in total. The summed E-state index contributed by atoms with van der Waals surface area (Å²) in [6.07, 6.45) is 3.83. The van der Waals surface area contributed by atoms with Crippen LogP contribution in [0.3, 0.4) is 0 Å². The second-order valence-electron chi connectivity index (χ2n) is 5.79. The van der Waals surface area contributed by atoms with Gasteiger partial charge in [0.25, 0.3) is 0 Å². The minimum atomic E-state index is -0.471. The van der Waals surface area contributed by atoms with Crippen LogP contribution in [0, 0.1) is 11.7 Å². The fourth-order valence-electron chi connectivity index (χ4n) is 2.60. The third-order valence-electron chi connectivity index (χ3n) is 4.31. The van der Waals surface area contributed by atoms with E-state index in [-0.39, 0.29) is 17.6 Å². The molecule has 1 amide bonds. The van der Waals surface area contributed by atoms with E-state index >= 15 is 0 Å². The fraction of sp³-hybridized carbons (Fsp3) is 0.562. The van der Waals surface area contributed by atoms with Gasteiger partial charge in [-0.1, -0.05) is 13.3 Å². The molecule has 1 unspecified atom stereocenters. The first-order valence-electron chi connectivity index (χ1n) is 7.61. The summed E-state index contributed by atoms with van der Waals surface area (Å²) >= 11 is 0. The molecule has 1 saturated carbocycles. The lowest BCUT2D eigenvalue weighted by molar-refractivity contribution is -0.121. The lowest BCUT2D eigenvalue weighted by Gasteiger charge is -2.34. The molecule has 21 heavy (non-hydrogen) atoms. The third-order valence-corrected chi connectivity index (χ3v) is 4.31. The van der Waals surface area contributed by atoms with Crippen LogP contribution in [0.1, 0.15) is 33.1 Å². The van der Waals surface area contributed by atoms with Crippen LogP contribution in [0.4, 0.5) is 15.8 Å². The number of nitrogens with zero attached hydrogens (tertiary/aromatic N) is 1. The Kier molecular flexibility index (Phi) is 5.17. The van der Waals surface area contributed by atoms with Crippen molar-refractivity contribution < 1.29 is 9.18 Å². The number of benzene rings is 1. The third kappa shape index (κ3) is 3.94. The molecule has 2 rings (SSSR count). The van der Waals surface area contributed by atoms with Gasteiger partial charge in [-0.2, -0.15) is 0 Å². The van der Waals surface area contributed by atoms with Crippen LogP contribution in [-0.2, 0) is 4.79 Å². The molecule has 0 heterocycles. The molecule has 0 radical (unpaired) electrons. The van der Waals surface area contributed by atoms with Crippen molar-refractivity contribution >= 4 is 17.3 Å². The average Bonchev–Trinajstić information content (AvgIpc) is 2.41. The van der Waals surface area contributed by atoms with Crippen LogP contribution >= 0.6 is 0 Å². The van der Waals surface area contributed by atoms with E-state index in [1.165, 1.54) is 37.5 Å². The number of nitrogens with one attached hydrogen (secondary N) is 1. The van der Waals surface area contributed by atoms with Gasteiger partial charge in [0, 0.05) is 12.2 Å². The SMILES string of the molecule is CCN(CC1CCC1)C(C)C(=O)Nc1ccc(F)c(N)c1. The zero-order valence-electron chi connectivity index (χ0n) is 12.7. The monoisotopic (exact) mass is 293 g/mol. The molecular formula is C16H24FN3O. The molecule has 0 aliphatic heterocycles. The van der Waals surface area contributed by atoms with Crippen LogP contribution < -0.4 is 11.1 Å². The Hall–Kier alpha value is -1.62. The first-order valence-corrected chi connectivity index (χ1v) is 7.61. The quantitative estimate of drug-likeness (QED) is 0.793. The Bertz CT molecular complexity index is 502. The zero-order chi connectivity index (χ0) is 15.4. The number of hydrogen-bond acceptors (Lipinski definition) is 3. The number of likely N-dealkylation sites (N-methyl/N-ethyl adjacent to an activating group) is 1. The van der Waals surface area contributed by atoms with E-state index in [1.807, 2.05) is 6.92 Å². The maximum Gasteiger partial charge on any atom is 0.241 e. The van der Waals surface area contributed by atoms with E-state index < -0.39 is 5.82 Å². The summed E-state index contributed by atoms with van der Waals surface area (Å²) in [6.45, 7) is 5.79. The van der Waals surface area contributed by atoms with Crippen molar-refractivity contribution in [2.24, 2.45) is 5.92 Å². The second-order valence-corrected chi connectivity index (χ2v) is 5.79. The first-order chi connectivity index (χ1) is 10.0. The molecule has 5 heteroatoms. The van der Waals surface area contributed by atoms with Crippen molar-refractivity contribution in [3.05, 3.63) is 24.0 Å². The fourth-order valence-corrected chi connectivity index (χ4v) is 2.60. The molecule has 1 aliphatic carbocycles. The Morgan fingerprint density at radius 3 is 2.76 bits per heavy atom. The number of nitrogens with two attached hydrogens (primary N) is 1. The van der Waals surface area contributed by atoms with Crippen LogP contribution in [0.2, 0.25) is 0 Å². The number of halogens is 1. The Balaban J connectivity index is 1.94. The van der Waals surface area contributed by atoms with Crippen LogP contribution in [0.5, 0.6) is 0 Å². The summed E-state index contributed by atoms with van der Waals surface area (Å²) in [6, 6.07) is 4.03. The summed E-state index contributed by atoms with van der Waals surface area (Å²) in [5.41, 5.74) is 6.09. The summed E-state index contributed by atoms with van der Waals surface area (Å²) < 4.78 is 13.1. The number of carbonyl (C=O) groups is 1. The van der Waals surface area contributed by atoms with Crippen molar-refractivity contribution in [2.45, 2.75) is 39.2 Å². The Morgan fingerprint density at radius 2 is 2.24 bits per heavy atom. The van der Waals surface area contributed by atoms with E-state index in [0.717, 1.165) is 19.0 Å². The molecule has 1 aromatic rings. The largest absolute Gasteiger partial charge is 0.396 e. The summed E-state index contributed by atoms with van der Waals surface area (Å²) in [5, 5.41) is 2.81. The lowest BCUT2D eigenvalue weighted by Crippen LogP contribution is -2.45. The van der Waals surface area contributed by atoms with Crippen molar-refractivity contribution in [1.82, 2.24) is 4.90 Å². The standard InChI is InChI=1S/C16H24FN3O/c1-3-20(10-12-5-4-6-12)11(2)16(21)19-13-7-8-14(17)15(18)9-13/h7-9,11-12H,3-6,10,18H2,1-2H3,(H,19,21). The van der Waals surface area contributed by atoms with Gasteiger partial charge in [-0.25, -0.2) is 4.39 Å². The maximum absolute atomic E-state index is 13.1. The van der Waals surface area contributed by atoms with Gasteiger partial charge in [0.05, 0.1) is 11.7 Å². The highest BCUT2D eigenvalue weighted by Gasteiger charge is 2.26. The van der Waals surface area contributed by atoms with Gasteiger partial charge in [-0.05, 0) is 50.4 Å². The second kappa shape index (κ2) is 6.89. The predicted octanol–water partition coefficient (Wildman–Crippen LogP) is 2.86. The molecule has 1 aliphatic rings. The van der Waals surface area contributed by atoms with E-state index in [0.29, 0.717) is 5.69 Å². The highest BCUT2D eigenvalue weighted by molar-refractivity contribution is 5.94. The molecular weight excluding hydrogens is 269 g/mol. The number of nitrogen functional groups attached to an aromatic ring is 1. The van der Waals surface area contributed by atoms with Crippen LogP contribution in [0.25, 0.3) is 0 Å². The Morgan fingerprint density at radius 1 is 1.52 bits per heavy atom. The van der Waals surface area contributed by atoms with Gasteiger partial charge in [0.1, 0.15) is 5.82 Å². The maximum atomic E-state index is 13.1. The van der Waals surface area contributed by atoms with Gasteiger partial charge in [-0.3, -0.25) is 9.69 Å². The topological polar surface area (TPSA) is 58.4 Å². The number of hydrogen-bond donors (Lipinski definition) is 2. The van der Waals surface area contributed by atoms with Gasteiger partial charge in [0.2, 0.25) is 5.91 Å². The summed E-state index contributed by atoms with van der Waals surface area (Å²) in [7, 11) is 0. The Labute approximate surface area is 125 Å². The molecule has 0 aromatic heterocycles. The molecule has 4 nitrogen and oxygen atoms in total. The molecule has 1 fully saturated rings. The highest BCUT2D eigenvalue weighted by Crippen LogP contribution is 2.27.